The molecule has 0 aliphatic heterocycles. The molecule has 0 saturated heterocycles. The zero-order valence-electron chi connectivity index (χ0n) is 7.44. The minimum absolute atomic E-state index is 0.0243. The van der Waals surface area contributed by atoms with Gasteiger partial charge < -0.3 is 5.11 Å². The first-order chi connectivity index (χ1) is 4.58. The molecule has 0 aromatic rings. The molecule has 0 fully saturated rings. The zero-order valence-corrected chi connectivity index (χ0v) is 7.44. The SMILES string of the molecule is CC=C(CC)C(C)(C)CO. The quantitative estimate of drug-likeness (QED) is 0.600. The van der Waals surface area contributed by atoms with Crippen molar-refractivity contribution in [3.63, 3.8) is 0 Å². The summed E-state index contributed by atoms with van der Waals surface area (Å²) in [7, 11) is 0. The van der Waals surface area contributed by atoms with Crippen molar-refractivity contribution in [3.8, 4) is 0 Å². The van der Waals surface area contributed by atoms with Crippen molar-refractivity contribution < 1.29 is 5.11 Å². The maximum Gasteiger partial charge on any atom is 0.0519 e. The Kier molecular flexibility index (Phi) is 3.66. The fourth-order valence-corrected chi connectivity index (χ4v) is 1.17. The first-order valence-corrected chi connectivity index (χ1v) is 3.85. The molecule has 0 saturated carbocycles. The van der Waals surface area contributed by atoms with E-state index in [0.29, 0.717) is 0 Å². The molecule has 0 aliphatic rings. The molecule has 60 valence electrons. The summed E-state index contributed by atoms with van der Waals surface area (Å²) in [5, 5.41) is 8.99. The van der Waals surface area contributed by atoms with Crippen LogP contribution < -0.4 is 0 Å². The molecule has 10 heavy (non-hydrogen) atoms. The Morgan fingerprint density at radius 1 is 1.50 bits per heavy atom. The Labute approximate surface area is 63.8 Å². The lowest BCUT2D eigenvalue weighted by atomic mass is 9.83. The van der Waals surface area contributed by atoms with Crippen molar-refractivity contribution in [2.45, 2.75) is 34.1 Å². The van der Waals surface area contributed by atoms with E-state index >= 15 is 0 Å². The van der Waals surface area contributed by atoms with Gasteiger partial charge in [0.1, 0.15) is 0 Å². The van der Waals surface area contributed by atoms with Crippen LogP contribution in [0.5, 0.6) is 0 Å². The van der Waals surface area contributed by atoms with Gasteiger partial charge in [0.25, 0.3) is 0 Å². The lowest BCUT2D eigenvalue weighted by molar-refractivity contribution is 0.187. The van der Waals surface area contributed by atoms with Gasteiger partial charge in [0.15, 0.2) is 0 Å². The summed E-state index contributed by atoms with van der Waals surface area (Å²) >= 11 is 0. The highest BCUT2D eigenvalue weighted by molar-refractivity contribution is 5.10. The molecule has 0 radical (unpaired) electrons. The Morgan fingerprint density at radius 2 is 2.00 bits per heavy atom. The smallest absolute Gasteiger partial charge is 0.0519 e. The molecule has 0 bridgehead atoms. The summed E-state index contributed by atoms with van der Waals surface area (Å²) in [5.41, 5.74) is 1.30. The maximum absolute atomic E-state index is 8.99. The van der Waals surface area contributed by atoms with Crippen molar-refractivity contribution in [2.24, 2.45) is 5.41 Å². The van der Waals surface area contributed by atoms with Crippen LogP contribution in [0.15, 0.2) is 11.6 Å². The van der Waals surface area contributed by atoms with E-state index in [0.717, 1.165) is 6.42 Å². The number of aliphatic hydroxyl groups excluding tert-OH is 1. The van der Waals surface area contributed by atoms with E-state index in [4.69, 9.17) is 5.11 Å². The van der Waals surface area contributed by atoms with Crippen LogP contribution in [0.1, 0.15) is 34.1 Å². The van der Waals surface area contributed by atoms with Gasteiger partial charge in [-0.2, -0.15) is 0 Å². The van der Waals surface area contributed by atoms with Crippen LogP contribution in [0.25, 0.3) is 0 Å². The summed E-state index contributed by atoms with van der Waals surface area (Å²) < 4.78 is 0. The van der Waals surface area contributed by atoms with E-state index in [9.17, 15) is 0 Å². The number of hydrogen-bond donors (Lipinski definition) is 1. The third kappa shape index (κ3) is 2.14. The molecule has 1 heteroatoms. The second kappa shape index (κ2) is 3.77. The molecule has 1 nitrogen and oxygen atoms in total. The fourth-order valence-electron chi connectivity index (χ4n) is 1.17. The van der Waals surface area contributed by atoms with E-state index in [1.807, 2.05) is 6.92 Å². The molecule has 0 atom stereocenters. The molecule has 0 spiro atoms. The van der Waals surface area contributed by atoms with Gasteiger partial charge in [0, 0.05) is 5.41 Å². The van der Waals surface area contributed by atoms with Crippen molar-refractivity contribution in [1.82, 2.24) is 0 Å². The second-order valence-corrected chi connectivity index (χ2v) is 3.21. The Morgan fingerprint density at radius 3 is 2.10 bits per heavy atom. The van der Waals surface area contributed by atoms with Crippen LogP contribution in [0.4, 0.5) is 0 Å². The summed E-state index contributed by atoms with van der Waals surface area (Å²) in [6.07, 6.45) is 3.13. The summed E-state index contributed by atoms with van der Waals surface area (Å²) in [6, 6.07) is 0. The van der Waals surface area contributed by atoms with E-state index in [1.54, 1.807) is 0 Å². The fraction of sp³-hybridized carbons (Fsp3) is 0.778. The van der Waals surface area contributed by atoms with Crippen LogP contribution >= 0.6 is 0 Å². The molecule has 0 aromatic heterocycles. The highest BCUT2D eigenvalue weighted by Crippen LogP contribution is 2.27. The monoisotopic (exact) mass is 142 g/mol. The molecule has 1 N–H and O–H groups in total. The zero-order chi connectivity index (χ0) is 8.20. The summed E-state index contributed by atoms with van der Waals surface area (Å²) in [5.74, 6) is 0. The van der Waals surface area contributed by atoms with Crippen molar-refractivity contribution >= 4 is 0 Å². The summed E-state index contributed by atoms with van der Waals surface area (Å²) in [6.45, 7) is 8.50. The van der Waals surface area contributed by atoms with Crippen molar-refractivity contribution in [2.75, 3.05) is 6.61 Å². The highest BCUT2D eigenvalue weighted by atomic mass is 16.3. The number of aliphatic hydroxyl groups is 1. The first kappa shape index (κ1) is 9.70. The van der Waals surface area contributed by atoms with E-state index in [1.165, 1.54) is 5.57 Å². The standard InChI is InChI=1S/C9H18O/c1-5-8(6-2)9(3,4)7-10/h5,10H,6-7H2,1-4H3. The lowest BCUT2D eigenvalue weighted by Crippen LogP contribution is -2.19. The number of hydrogen-bond acceptors (Lipinski definition) is 1. The molecule has 0 rings (SSSR count). The van der Waals surface area contributed by atoms with Gasteiger partial charge in [-0.05, 0) is 13.3 Å². The van der Waals surface area contributed by atoms with Crippen molar-refractivity contribution in [3.05, 3.63) is 11.6 Å². The van der Waals surface area contributed by atoms with Gasteiger partial charge in [-0.1, -0.05) is 32.4 Å². The van der Waals surface area contributed by atoms with Crippen molar-refractivity contribution in [1.29, 1.82) is 0 Å². The van der Waals surface area contributed by atoms with Crippen LogP contribution in [0.3, 0.4) is 0 Å². The van der Waals surface area contributed by atoms with Crippen LogP contribution in [0.2, 0.25) is 0 Å². The van der Waals surface area contributed by atoms with Gasteiger partial charge in [0.2, 0.25) is 0 Å². The maximum atomic E-state index is 8.99. The molecule has 0 aromatic carbocycles. The van der Waals surface area contributed by atoms with Crippen LogP contribution in [0, 0.1) is 5.41 Å². The minimum Gasteiger partial charge on any atom is -0.395 e. The Hall–Kier alpha value is -0.300. The van der Waals surface area contributed by atoms with Gasteiger partial charge in [-0.3, -0.25) is 0 Å². The molecule has 0 unspecified atom stereocenters. The normalized spacial score (nSPS) is 13.9. The molecular weight excluding hydrogens is 124 g/mol. The predicted octanol–water partition coefficient (Wildman–Crippen LogP) is 2.36. The van der Waals surface area contributed by atoms with Gasteiger partial charge >= 0.3 is 0 Å². The van der Waals surface area contributed by atoms with Gasteiger partial charge in [-0.25, -0.2) is 0 Å². The molecule has 0 amide bonds. The summed E-state index contributed by atoms with van der Waals surface area (Å²) in [4.78, 5) is 0. The largest absolute Gasteiger partial charge is 0.395 e. The van der Waals surface area contributed by atoms with Crippen LogP contribution in [-0.4, -0.2) is 11.7 Å². The Bertz CT molecular complexity index is 123. The molecular formula is C9H18O. The second-order valence-electron chi connectivity index (χ2n) is 3.21. The molecule has 0 heterocycles. The van der Waals surface area contributed by atoms with E-state index < -0.39 is 0 Å². The van der Waals surface area contributed by atoms with Crippen LogP contribution in [-0.2, 0) is 0 Å². The number of rotatable bonds is 3. The highest BCUT2D eigenvalue weighted by Gasteiger charge is 2.19. The average molecular weight is 142 g/mol. The minimum atomic E-state index is -0.0243. The lowest BCUT2D eigenvalue weighted by Gasteiger charge is -2.24. The van der Waals surface area contributed by atoms with Gasteiger partial charge in [-0.15, -0.1) is 0 Å². The van der Waals surface area contributed by atoms with E-state index in [-0.39, 0.29) is 12.0 Å². The average Bonchev–Trinajstić information content (AvgIpc) is 1.90. The Balaban J connectivity index is 4.28. The van der Waals surface area contributed by atoms with E-state index in [2.05, 4.69) is 26.8 Å². The third-order valence-electron chi connectivity index (χ3n) is 1.99. The molecule has 0 aliphatic carbocycles. The number of allylic oxidation sites excluding steroid dienone is 1. The first-order valence-electron chi connectivity index (χ1n) is 3.85. The predicted molar refractivity (Wildman–Crippen MR) is 44.9 cm³/mol. The topological polar surface area (TPSA) is 20.2 Å². The third-order valence-corrected chi connectivity index (χ3v) is 1.99. The van der Waals surface area contributed by atoms with Gasteiger partial charge in [0.05, 0.1) is 6.61 Å².